The number of allylic oxidation sites excluding steroid dienone is 1. The number of hydrogen-bond acceptors (Lipinski definition) is 2. The van der Waals surface area contributed by atoms with Crippen LogP contribution in [0.1, 0.15) is 20.8 Å². The molecule has 21 heavy (non-hydrogen) atoms. The molecule has 3 heteroatoms. The summed E-state index contributed by atoms with van der Waals surface area (Å²) in [5.41, 5.74) is 1.74. The molecule has 0 atom stereocenters. The van der Waals surface area contributed by atoms with Gasteiger partial charge in [-0.2, -0.15) is 0 Å². The van der Waals surface area contributed by atoms with Crippen molar-refractivity contribution < 1.29 is 4.79 Å². The monoisotopic (exact) mass is 312 g/mol. The number of carbonyl (C=O) groups is 1. The molecule has 0 amide bonds. The fourth-order valence-corrected chi connectivity index (χ4v) is 3.60. The Hall–Kier alpha value is -1.90. The molecule has 0 saturated carbocycles. The van der Waals surface area contributed by atoms with Crippen LogP contribution in [0, 0.1) is 6.92 Å². The van der Waals surface area contributed by atoms with Gasteiger partial charge in [-0.15, -0.1) is 11.3 Å². The predicted molar refractivity (Wildman–Crippen MR) is 91.4 cm³/mol. The summed E-state index contributed by atoms with van der Waals surface area (Å²) in [7, 11) is 0. The topological polar surface area (TPSA) is 17.1 Å². The highest BCUT2D eigenvalue weighted by molar-refractivity contribution is 7.20. The molecule has 1 nitrogen and oxygen atoms in total. The highest BCUT2D eigenvalue weighted by atomic mass is 35.5. The number of thiophene rings is 1. The molecule has 0 aliphatic heterocycles. The lowest BCUT2D eigenvalue weighted by Crippen LogP contribution is -1.94. The van der Waals surface area contributed by atoms with Gasteiger partial charge in [0.25, 0.3) is 0 Å². The van der Waals surface area contributed by atoms with Gasteiger partial charge in [0, 0.05) is 15.1 Å². The molecule has 0 fully saturated rings. The lowest BCUT2D eigenvalue weighted by molar-refractivity contribution is 0.104. The maximum Gasteiger partial charge on any atom is 0.187 e. The van der Waals surface area contributed by atoms with Crippen molar-refractivity contribution in [2.75, 3.05) is 0 Å². The zero-order chi connectivity index (χ0) is 14.8. The summed E-state index contributed by atoms with van der Waals surface area (Å²) in [5, 5.41) is 1.73. The first-order valence-electron chi connectivity index (χ1n) is 6.62. The number of aryl methyl sites for hydroxylation is 1. The van der Waals surface area contributed by atoms with E-state index in [1.165, 1.54) is 15.6 Å². The SMILES string of the molecule is Cc1c(/C=C/C(=O)c2ccccc2Cl)sc2ccccc12. The molecule has 0 bridgehead atoms. The van der Waals surface area contributed by atoms with Gasteiger partial charge in [-0.1, -0.05) is 41.9 Å². The standard InChI is InChI=1S/C18H13ClOS/c1-12-13-6-3-5-9-18(13)21-17(12)11-10-16(20)14-7-2-4-8-15(14)19/h2-11H,1H3/b11-10+. The third-order valence-corrected chi connectivity index (χ3v) is 4.97. The molecule has 0 radical (unpaired) electrons. The van der Waals surface area contributed by atoms with Crippen molar-refractivity contribution in [2.45, 2.75) is 6.92 Å². The number of carbonyl (C=O) groups excluding carboxylic acids is 1. The third-order valence-electron chi connectivity index (χ3n) is 3.41. The second kappa shape index (κ2) is 5.84. The van der Waals surface area contributed by atoms with Gasteiger partial charge in [0.1, 0.15) is 0 Å². The van der Waals surface area contributed by atoms with Crippen LogP contribution in [-0.2, 0) is 0 Å². The van der Waals surface area contributed by atoms with Crippen LogP contribution in [0.15, 0.2) is 54.6 Å². The maximum absolute atomic E-state index is 12.2. The summed E-state index contributed by atoms with van der Waals surface area (Å²) >= 11 is 7.74. The molecule has 0 spiro atoms. The predicted octanol–water partition coefficient (Wildman–Crippen LogP) is 5.76. The first kappa shape index (κ1) is 14.1. The van der Waals surface area contributed by atoms with E-state index in [1.807, 2.05) is 30.3 Å². The third kappa shape index (κ3) is 2.78. The van der Waals surface area contributed by atoms with Crippen molar-refractivity contribution >= 4 is 44.9 Å². The van der Waals surface area contributed by atoms with Gasteiger partial charge in [-0.05, 0) is 48.2 Å². The quantitative estimate of drug-likeness (QED) is 0.444. The Morgan fingerprint density at radius 1 is 1.10 bits per heavy atom. The second-order valence-electron chi connectivity index (χ2n) is 4.76. The number of fused-ring (bicyclic) bond motifs is 1. The Kier molecular flexibility index (Phi) is 3.91. The number of benzene rings is 2. The van der Waals surface area contributed by atoms with Crippen molar-refractivity contribution in [1.82, 2.24) is 0 Å². The highest BCUT2D eigenvalue weighted by Gasteiger charge is 2.08. The minimum atomic E-state index is -0.0718. The molecule has 0 saturated heterocycles. The highest BCUT2D eigenvalue weighted by Crippen LogP contribution is 2.31. The summed E-state index contributed by atoms with van der Waals surface area (Å²) < 4.78 is 1.24. The van der Waals surface area contributed by atoms with Gasteiger partial charge in [0.15, 0.2) is 5.78 Å². The fraction of sp³-hybridized carbons (Fsp3) is 0.0556. The van der Waals surface area contributed by atoms with Crippen LogP contribution < -0.4 is 0 Å². The molecule has 0 aliphatic carbocycles. The summed E-state index contributed by atoms with van der Waals surface area (Å²) in [6.45, 7) is 2.08. The minimum absolute atomic E-state index is 0.0718. The maximum atomic E-state index is 12.2. The summed E-state index contributed by atoms with van der Waals surface area (Å²) in [4.78, 5) is 13.3. The van der Waals surface area contributed by atoms with Crippen molar-refractivity contribution in [1.29, 1.82) is 0 Å². The molecule has 3 rings (SSSR count). The average molecular weight is 313 g/mol. The van der Waals surface area contributed by atoms with Gasteiger partial charge in [0.2, 0.25) is 0 Å². The van der Waals surface area contributed by atoms with Gasteiger partial charge in [-0.3, -0.25) is 4.79 Å². The molecule has 0 N–H and O–H groups in total. The normalized spacial score (nSPS) is 11.3. The summed E-state index contributed by atoms with van der Waals surface area (Å²) in [6, 6.07) is 15.4. The van der Waals surface area contributed by atoms with E-state index in [-0.39, 0.29) is 5.78 Å². The fourth-order valence-electron chi connectivity index (χ4n) is 2.25. The molecule has 1 aromatic heterocycles. The van der Waals surface area contributed by atoms with Crippen LogP contribution in [0.3, 0.4) is 0 Å². The number of ketones is 1. The van der Waals surface area contributed by atoms with Gasteiger partial charge < -0.3 is 0 Å². The molecule has 0 aliphatic rings. The zero-order valence-electron chi connectivity index (χ0n) is 11.5. The molecule has 0 unspecified atom stereocenters. The molecule has 2 aromatic carbocycles. The van der Waals surface area contributed by atoms with Crippen LogP contribution >= 0.6 is 22.9 Å². The van der Waals surface area contributed by atoms with E-state index in [1.54, 1.807) is 29.5 Å². The van der Waals surface area contributed by atoms with Crippen molar-refractivity contribution in [3.63, 3.8) is 0 Å². The van der Waals surface area contributed by atoms with Crippen LogP contribution in [0.2, 0.25) is 5.02 Å². The Labute approximate surface area is 132 Å². The molecular formula is C18H13ClOS. The second-order valence-corrected chi connectivity index (χ2v) is 6.26. The Morgan fingerprint density at radius 2 is 1.81 bits per heavy atom. The van der Waals surface area contributed by atoms with E-state index < -0.39 is 0 Å². The zero-order valence-corrected chi connectivity index (χ0v) is 13.0. The van der Waals surface area contributed by atoms with Gasteiger partial charge in [-0.25, -0.2) is 0 Å². The lowest BCUT2D eigenvalue weighted by Gasteiger charge is -1.98. The van der Waals surface area contributed by atoms with E-state index in [0.29, 0.717) is 10.6 Å². The smallest absolute Gasteiger partial charge is 0.187 e. The average Bonchev–Trinajstić information content (AvgIpc) is 2.82. The van der Waals surface area contributed by atoms with Crippen molar-refractivity contribution in [2.24, 2.45) is 0 Å². The summed E-state index contributed by atoms with van der Waals surface area (Å²) in [6.07, 6.45) is 3.48. The molecule has 104 valence electrons. The van der Waals surface area contributed by atoms with E-state index >= 15 is 0 Å². The molecule has 3 aromatic rings. The van der Waals surface area contributed by atoms with Crippen LogP contribution in [0.25, 0.3) is 16.2 Å². The van der Waals surface area contributed by atoms with Gasteiger partial charge >= 0.3 is 0 Å². The first-order valence-corrected chi connectivity index (χ1v) is 7.81. The van der Waals surface area contributed by atoms with E-state index in [0.717, 1.165) is 4.88 Å². The van der Waals surface area contributed by atoms with Crippen molar-refractivity contribution in [3.05, 3.63) is 75.6 Å². The summed E-state index contributed by atoms with van der Waals surface area (Å²) in [5.74, 6) is -0.0718. The van der Waals surface area contributed by atoms with Gasteiger partial charge in [0.05, 0.1) is 5.02 Å². The molecular weight excluding hydrogens is 300 g/mol. The number of halogens is 1. The lowest BCUT2D eigenvalue weighted by atomic mass is 10.1. The van der Waals surface area contributed by atoms with Crippen LogP contribution in [0.4, 0.5) is 0 Å². The van der Waals surface area contributed by atoms with Crippen LogP contribution in [-0.4, -0.2) is 5.78 Å². The van der Waals surface area contributed by atoms with Crippen molar-refractivity contribution in [3.8, 4) is 0 Å². The van der Waals surface area contributed by atoms with E-state index in [2.05, 4.69) is 19.1 Å². The largest absolute Gasteiger partial charge is 0.289 e. The number of hydrogen-bond donors (Lipinski definition) is 0. The first-order chi connectivity index (χ1) is 10.2. The Morgan fingerprint density at radius 3 is 2.57 bits per heavy atom. The Balaban J connectivity index is 1.93. The molecule has 1 heterocycles. The van der Waals surface area contributed by atoms with Crippen LogP contribution in [0.5, 0.6) is 0 Å². The minimum Gasteiger partial charge on any atom is -0.289 e. The van der Waals surface area contributed by atoms with E-state index in [4.69, 9.17) is 11.6 Å². The number of rotatable bonds is 3. The Bertz CT molecular complexity index is 845. The van der Waals surface area contributed by atoms with E-state index in [9.17, 15) is 4.79 Å².